The summed E-state index contributed by atoms with van der Waals surface area (Å²) in [5, 5.41) is 9.03. The summed E-state index contributed by atoms with van der Waals surface area (Å²) in [5.41, 5.74) is 2.64. The largest absolute Gasteiger partial charge is 0.395 e. The van der Waals surface area contributed by atoms with Crippen molar-refractivity contribution in [3.8, 4) is 0 Å². The molecule has 1 N–H and O–H groups in total. The molecular formula is C14H23NO. The van der Waals surface area contributed by atoms with Crippen LogP contribution in [0.1, 0.15) is 30.9 Å². The van der Waals surface area contributed by atoms with Gasteiger partial charge in [-0.1, -0.05) is 43.2 Å². The van der Waals surface area contributed by atoms with Crippen LogP contribution in [0.5, 0.6) is 0 Å². The van der Waals surface area contributed by atoms with Crippen LogP contribution in [-0.4, -0.2) is 29.7 Å². The number of hydrogen-bond acceptors (Lipinski definition) is 2. The van der Waals surface area contributed by atoms with Crippen LogP contribution in [0.15, 0.2) is 24.3 Å². The second kappa shape index (κ2) is 7.42. The molecule has 1 aromatic rings. The van der Waals surface area contributed by atoms with Crippen LogP contribution in [0.2, 0.25) is 0 Å². The number of aryl methyl sites for hydroxylation is 1. The third-order valence-electron chi connectivity index (χ3n) is 2.73. The second-order valence-electron chi connectivity index (χ2n) is 4.34. The van der Waals surface area contributed by atoms with Crippen LogP contribution in [0.4, 0.5) is 0 Å². The highest BCUT2D eigenvalue weighted by atomic mass is 16.3. The fourth-order valence-corrected chi connectivity index (χ4v) is 1.86. The number of benzene rings is 1. The fraction of sp³-hybridized carbons (Fsp3) is 0.571. The van der Waals surface area contributed by atoms with Gasteiger partial charge in [0, 0.05) is 13.1 Å². The Hall–Kier alpha value is -0.860. The predicted octanol–water partition coefficient (Wildman–Crippen LogP) is 2.59. The molecule has 0 aliphatic carbocycles. The van der Waals surface area contributed by atoms with Crippen molar-refractivity contribution >= 4 is 0 Å². The zero-order valence-corrected chi connectivity index (χ0v) is 10.4. The summed E-state index contributed by atoms with van der Waals surface area (Å²) in [6.07, 6.45) is 2.40. The lowest BCUT2D eigenvalue weighted by Gasteiger charge is -2.21. The zero-order valence-electron chi connectivity index (χ0n) is 10.4. The Labute approximate surface area is 98.9 Å². The van der Waals surface area contributed by atoms with E-state index in [-0.39, 0.29) is 6.61 Å². The molecule has 0 aromatic heterocycles. The monoisotopic (exact) mass is 221 g/mol. The van der Waals surface area contributed by atoms with Gasteiger partial charge in [0.15, 0.2) is 0 Å². The summed E-state index contributed by atoms with van der Waals surface area (Å²) in [4.78, 5) is 2.32. The van der Waals surface area contributed by atoms with E-state index in [1.165, 1.54) is 24.0 Å². The van der Waals surface area contributed by atoms with Crippen LogP contribution in [0, 0.1) is 6.92 Å². The summed E-state index contributed by atoms with van der Waals surface area (Å²) in [7, 11) is 0. The van der Waals surface area contributed by atoms with E-state index in [0.717, 1.165) is 19.6 Å². The van der Waals surface area contributed by atoms with Gasteiger partial charge in [0.05, 0.1) is 6.61 Å². The van der Waals surface area contributed by atoms with Crippen molar-refractivity contribution in [1.29, 1.82) is 0 Å². The number of hydrogen-bond donors (Lipinski definition) is 1. The van der Waals surface area contributed by atoms with Crippen LogP contribution in [0.25, 0.3) is 0 Å². The molecule has 2 heteroatoms. The van der Waals surface area contributed by atoms with Gasteiger partial charge in [0.25, 0.3) is 0 Å². The lowest BCUT2D eigenvalue weighted by molar-refractivity contribution is 0.188. The summed E-state index contributed by atoms with van der Waals surface area (Å²) in [6, 6.07) is 8.59. The first-order valence-corrected chi connectivity index (χ1v) is 6.15. The minimum atomic E-state index is 0.246. The molecule has 0 heterocycles. The lowest BCUT2D eigenvalue weighted by atomic mass is 10.1. The normalized spacial score (nSPS) is 11.0. The van der Waals surface area contributed by atoms with Gasteiger partial charge in [-0.3, -0.25) is 4.90 Å². The summed E-state index contributed by atoms with van der Waals surface area (Å²) in [5.74, 6) is 0. The molecule has 0 saturated carbocycles. The highest BCUT2D eigenvalue weighted by Crippen LogP contribution is 2.08. The number of aliphatic hydroxyl groups is 1. The Morgan fingerprint density at radius 1 is 1.25 bits per heavy atom. The summed E-state index contributed by atoms with van der Waals surface area (Å²) in [6.45, 7) is 7.35. The van der Waals surface area contributed by atoms with E-state index < -0.39 is 0 Å². The van der Waals surface area contributed by atoms with E-state index in [2.05, 4.69) is 43.0 Å². The molecule has 0 spiro atoms. The Bertz CT molecular complexity index is 299. The van der Waals surface area contributed by atoms with Gasteiger partial charge in [-0.25, -0.2) is 0 Å². The van der Waals surface area contributed by atoms with Gasteiger partial charge in [-0.05, 0) is 25.5 Å². The van der Waals surface area contributed by atoms with Crippen LogP contribution in [0.3, 0.4) is 0 Å². The van der Waals surface area contributed by atoms with Crippen molar-refractivity contribution in [2.75, 3.05) is 19.7 Å². The van der Waals surface area contributed by atoms with Gasteiger partial charge >= 0.3 is 0 Å². The van der Waals surface area contributed by atoms with E-state index in [9.17, 15) is 0 Å². The van der Waals surface area contributed by atoms with Gasteiger partial charge in [-0.2, -0.15) is 0 Å². The molecule has 1 rings (SSSR count). The van der Waals surface area contributed by atoms with Gasteiger partial charge in [0.2, 0.25) is 0 Å². The third-order valence-corrected chi connectivity index (χ3v) is 2.73. The lowest BCUT2D eigenvalue weighted by Crippen LogP contribution is -2.27. The van der Waals surface area contributed by atoms with Gasteiger partial charge in [-0.15, -0.1) is 0 Å². The Balaban J connectivity index is 2.52. The van der Waals surface area contributed by atoms with Crippen molar-refractivity contribution in [3.05, 3.63) is 35.4 Å². The molecule has 0 saturated heterocycles. The molecule has 0 bridgehead atoms. The quantitative estimate of drug-likeness (QED) is 0.765. The first-order chi connectivity index (χ1) is 7.76. The predicted molar refractivity (Wildman–Crippen MR) is 68.4 cm³/mol. The molecule has 0 amide bonds. The van der Waals surface area contributed by atoms with E-state index in [4.69, 9.17) is 5.11 Å². The summed E-state index contributed by atoms with van der Waals surface area (Å²) < 4.78 is 0. The average Bonchev–Trinajstić information content (AvgIpc) is 2.26. The number of unbranched alkanes of at least 4 members (excludes halogenated alkanes) is 1. The fourth-order valence-electron chi connectivity index (χ4n) is 1.86. The topological polar surface area (TPSA) is 23.5 Å². The molecule has 1 aromatic carbocycles. The van der Waals surface area contributed by atoms with Crippen LogP contribution in [-0.2, 0) is 6.54 Å². The number of nitrogens with zero attached hydrogens (tertiary/aromatic N) is 1. The second-order valence-corrected chi connectivity index (χ2v) is 4.34. The molecule has 0 radical (unpaired) electrons. The molecule has 0 atom stereocenters. The molecule has 2 nitrogen and oxygen atoms in total. The molecular weight excluding hydrogens is 198 g/mol. The van der Waals surface area contributed by atoms with E-state index in [0.29, 0.717) is 0 Å². The number of aliphatic hydroxyl groups excluding tert-OH is 1. The molecule has 0 unspecified atom stereocenters. The first kappa shape index (κ1) is 13.2. The Morgan fingerprint density at radius 3 is 2.69 bits per heavy atom. The van der Waals surface area contributed by atoms with Crippen LogP contribution < -0.4 is 0 Å². The average molecular weight is 221 g/mol. The van der Waals surface area contributed by atoms with E-state index in [1.807, 2.05) is 0 Å². The minimum Gasteiger partial charge on any atom is -0.395 e. The van der Waals surface area contributed by atoms with Crippen molar-refractivity contribution in [3.63, 3.8) is 0 Å². The van der Waals surface area contributed by atoms with Crippen molar-refractivity contribution in [1.82, 2.24) is 4.90 Å². The van der Waals surface area contributed by atoms with Gasteiger partial charge in [0.1, 0.15) is 0 Å². The molecule has 16 heavy (non-hydrogen) atoms. The molecule has 0 aliphatic heterocycles. The van der Waals surface area contributed by atoms with Crippen molar-refractivity contribution in [2.45, 2.75) is 33.2 Å². The van der Waals surface area contributed by atoms with Gasteiger partial charge < -0.3 is 5.11 Å². The standard InChI is InChI=1S/C14H23NO/c1-3-4-8-15(9-10-16)12-14-7-5-6-13(2)11-14/h5-7,11,16H,3-4,8-10,12H2,1-2H3. The maximum atomic E-state index is 9.03. The maximum Gasteiger partial charge on any atom is 0.0558 e. The highest BCUT2D eigenvalue weighted by Gasteiger charge is 2.04. The number of rotatable bonds is 7. The van der Waals surface area contributed by atoms with E-state index in [1.54, 1.807) is 0 Å². The first-order valence-electron chi connectivity index (χ1n) is 6.15. The molecule has 0 aliphatic rings. The zero-order chi connectivity index (χ0) is 11.8. The Kier molecular flexibility index (Phi) is 6.12. The smallest absolute Gasteiger partial charge is 0.0558 e. The summed E-state index contributed by atoms with van der Waals surface area (Å²) >= 11 is 0. The third kappa shape index (κ3) is 4.77. The highest BCUT2D eigenvalue weighted by molar-refractivity contribution is 5.22. The van der Waals surface area contributed by atoms with E-state index >= 15 is 0 Å². The Morgan fingerprint density at radius 2 is 2.06 bits per heavy atom. The molecule has 90 valence electrons. The maximum absolute atomic E-state index is 9.03. The van der Waals surface area contributed by atoms with Crippen molar-refractivity contribution < 1.29 is 5.11 Å². The minimum absolute atomic E-state index is 0.246. The van der Waals surface area contributed by atoms with Crippen LogP contribution >= 0.6 is 0 Å². The molecule has 0 fully saturated rings. The SMILES string of the molecule is CCCCN(CCO)Cc1cccc(C)c1. The van der Waals surface area contributed by atoms with Crippen molar-refractivity contribution in [2.24, 2.45) is 0 Å².